The number of rotatable bonds is 4. The van der Waals surface area contributed by atoms with Gasteiger partial charge in [0, 0.05) is 5.69 Å². The molecule has 1 aromatic carbocycles. The summed E-state index contributed by atoms with van der Waals surface area (Å²) in [5.74, 6) is 0.569. The third-order valence-corrected chi connectivity index (χ3v) is 3.43. The summed E-state index contributed by atoms with van der Waals surface area (Å²) in [4.78, 5) is 4.62. The van der Waals surface area contributed by atoms with Crippen LogP contribution in [0.2, 0.25) is 0 Å². The largest absolute Gasteiger partial charge is 0.308 e. The van der Waals surface area contributed by atoms with E-state index < -0.39 is 0 Å². The van der Waals surface area contributed by atoms with Gasteiger partial charge in [-0.2, -0.15) is 0 Å². The average molecular weight is 254 g/mol. The van der Waals surface area contributed by atoms with Crippen molar-refractivity contribution in [2.24, 2.45) is 0 Å². The highest BCUT2D eigenvalue weighted by molar-refractivity contribution is 5.32. The molecule has 0 radical (unpaired) electrons. The number of hydrogen-bond acceptors (Lipinski definition) is 2. The first kappa shape index (κ1) is 13.8. The highest BCUT2D eigenvalue weighted by Gasteiger charge is 2.13. The molecule has 2 nitrogen and oxygen atoms in total. The zero-order valence-corrected chi connectivity index (χ0v) is 12.1. The van der Waals surface area contributed by atoms with E-state index in [-0.39, 0.29) is 6.04 Å². The number of nitrogens with one attached hydrogen (secondary N) is 1. The molecule has 0 aliphatic heterocycles. The average Bonchev–Trinajstić information content (AvgIpc) is 2.40. The van der Waals surface area contributed by atoms with Crippen molar-refractivity contribution >= 4 is 0 Å². The van der Waals surface area contributed by atoms with Crippen LogP contribution in [0.3, 0.4) is 0 Å². The van der Waals surface area contributed by atoms with Crippen molar-refractivity contribution in [1.29, 1.82) is 0 Å². The maximum atomic E-state index is 4.62. The normalized spacial score (nSPS) is 12.7. The van der Waals surface area contributed by atoms with E-state index in [1.165, 1.54) is 11.1 Å². The summed E-state index contributed by atoms with van der Waals surface area (Å²) >= 11 is 0. The standard InChI is InChI=1S/C17H22N2/c1-12(2)14-8-10-15(11-9-14)17(18-4)16-7-5-6-13(3)19-16/h5-12,17-18H,1-4H3. The zero-order valence-electron chi connectivity index (χ0n) is 12.1. The first-order chi connectivity index (χ1) is 9.11. The van der Waals surface area contributed by atoms with Gasteiger partial charge in [0.2, 0.25) is 0 Å². The van der Waals surface area contributed by atoms with Crippen molar-refractivity contribution in [3.05, 3.63) is 65.0 Å². The lowest BCUT2D eigenvalue weighted by Gasteiger charge is -2.17. The van der Waals surface area contributed by atoms with Gasteiger partial charge in [-0.1, -0.05) is 44.2 Å². The lowest BCUT2D eigenvalue weighted by Crippen LogP contribution is -2.19. The summed E-state index contributed by atoms with van der Waals surface area (Å²) < 4.78 is 0. The summed E-state index contributed by atoms with van der Waals surface area (Å²) in [7, 11) is 1.98. The van der Waals surface area contributed by atoms with E-state index in [4.69, 9.17) is 0 Å². The summed E-state index contributed by atoms with van der Waals surface area (Å²) in [5.41, 5.74) is 4.75. The molecule has 0 fully saturated rings. The SMILES string of the molecule is CNC(c1ccc(C(C)C)cc1)c1cccc(C)n1. The van der Waals surface area contributed by atoms with Crippen LogP contribution in [-0.4, -0.2) is 12.0 Å². The molecule has 2 heteroatoms. The van der Waals surface area contributed by atoms with Gasteiger partial charge in [0.25, 0.3) is 0 Å². The summed E-state index contributed by atoms with van der Waals surface area (Å²) in [6.45, 7) is 6.46. The molecule has 100 valence electrons. The van der Waals surface area contributed by atoms with Gasteiger partial charge in [-0.05, 0) is 43.1 Å². The molecular weight excluding hydrogens is 232 g/mol. The lowest BCUT2D eigenvalue weighted by atomic mass is 9.97. The molecule has 0 saturated heterocycles. The first-order valence-corrected chi connectivity index (χ1v) is 6.82. The van der Waals surface area contributed by atoms with Crippen molar-refractivity contribution < 1.29 is 0 Å². The Balaban J connectivity index is 2.31. The van der Waals surface area contributed by atoms with Gasteiger partial charge in [0.15, 0.2) is 0 Å². The molecule has 2 aromatic rings. The van der Waals surface area contributed by atoms with Crippen LogP contribution in [0.5, 0.6) is 0 Å². The van der Waals surface area contributed by atoms with Gasteiger partial charge in [-0.15, -0.1) is 0 Å². The van der Waals surface area contributed by atoms with Gasteiger partial charge < -0.3 is 5.32 Å². The van der Waals surface area contributed by atoms with Crippen molar-refractivity contribution in [2.45, 2.75) is 32.7 Å². The molecule has 2 rings (SSSR count). The highest BCUT2D eigenvalue weighted by atomic mass is 14.9. The van der Waals surface area contributed by atoms with Crippen molar-refractivity contribution in [1.82, 2.24) is 10.3 Å². The Morgan fingerprint density at radius 2 is 1.58 bits per heavy atom. The molecule has 1 aromatic heterocycles. The lowest BCUT2D eigenvalue weighted by molar-refractivity contribution is 0.668. The second kappa shape index (κ2) is 5.98. The molecule has 1 N–H and O–H groups in total. The van der Waals surface area contributed by atoms with Crippen molar-refractivity contribution in [3.8, 4) is 0 Å². The summed E-state index contributed by atoms with van der Waals surface area (Å²) in [5, 5.41) is 3.35. The van der Waals surface area contributed by atoms with E-state index in [2.05, 4.69) is 60.5 Å². The molecule has 0 saturated carbocycles. The summed E-state index contributed by atoms with van der Waals surface area (Å²) in [6, 6.07) is 15.1. The molecule has 1 heterocycles. The minimum atomic E-state index is 0.154. The zero-order chi connectivity index (χ0) is 13.8. The minimum absolute atomic E-state index is 0.154. The fourth-order valence-corrected chi connectivity index (χ4v) is 2.28. The third-order valence-electron chi connectivity index (χ3n) is 3.43. The molecule has 0 bridgehead atoms. The van der Waals surface area contributed by atoms with E-state index >= 15 is 0 Å². The Kier molecular flexibility index (Phi) is 4.33. The smallest absolute Gasteiger partial charge is 0.0749 e. The van der Waals surface area contributed by atoms with E-state index in [9.17, 15) is 0 Å². The molecule has 0 amide bonds. The van der Waals surface area contributed by atoms with Crippen LogP contribution in [0.1, 0.15) is 48.3 Å². The Morgan fingerprint density at radius 1 is 0.947 bits per heavy atom. The molecule has 19 heavy (non-hydrogen) atoms. The molecule has 0 spiro atoms. The Labute approximate surface area is 115 Å². The van der Waals surface area contributed by atoms with Gasteiger partial charge in [0.05, 0.1) is 11.7 Å². The topological polar surface area (TPSA) is 24.9 Å². The van der Waals surface area contributed by atoms with Crippen LogP contribution in [0.4, 0.5) is 0 Å². The Bertz CT molecular complexity index is 529. The monoisotopic (exact) mass is 254 g/mol. The van der Waals surface area contributed by atoms with Crippen molar-refractivity contribution in [3.63, 3.8) is 0 Å². The third kappa shape index (κ3) is 3.21. The van der Waals surface area contributed by atoms with Gasteiger partial charge >= 0.3 is 0 Å². The predicted octanol–water partition coefficient (Wildman–Crippen LogP) is 3.82. The fraction of sp³-hybridized carbons (Fsp3) is 0.353. The number of aryl methyl sites for hydroxylation is 1. The molecule has 1 atom stereocenters. The van der Waals surface area contributed by atoms with E-state index in [0.29, 0.717) is 5.92 Å². The van der Waals surface area contributed by atoms with Crippen LogP contribution in [0, 0.1) is 6.92 Å². The second-order valence-electron chi connectivity index (χ2n) is 5.25. The summed E-state index contributed by atoms with van der Waals surface area (Å²) in [6.07, 6.45) is 0. The van der Waals surface area contributed by atoms with Gasteiger partial charge in [0.1, 0.15) is 0 Å². The fourth-order valence-electron chi connectivity index (χ4n) is 2.28. The van der Waals surface area contributed by atoms with E-state index in [0.717, 1.165) is 11.4 Å². The number of pyridine rings is 1. The van der Waals surface area contributed by atoms with E-state index in [1.807, 2.05) is 20.0 Å². The number of hydrogen-bond donors (Lipinski definition) is 1. The maximum absolute atomic E-state index is 4.62. The Morgan fingerprint density at radius 3 is 2.11 bits per heavy atom. The van der Waals surface area contributed by atoms with Crippen LogP contribution in [-0.2, 0) is 0 Å². The van der Waals surface area contributed by atoms with Crippen LogP contribution in [0.15, 0.2) is 42.5 Å². The van der Waals surface area contributed by atoms with Crippen LogP contribution < -0.4 is 5.32 Å². The molecule has 1 unspecified atom stereocenters. The Hall–Kier alpha value is -1.67. The molecular formula is C17H22N2. The van der Waals surface area contributed by atoms with Crippen molar-refractivity contribution in [2.75, 3.05) is 7.05 Å². The predicted molar refractivity (Wildman–Crippen MR) is 80.4 cm³/mol. The number of benzene rings is 1. The van der Waals surface area contributed by atoms with Crippen LogP contribution >= 0.6 is 0 Å². The molecule has 0 aliphatic carbocycles. The highest BCUT2D eigenvalue weighted by Crippen LogP contribution is 2.22. The minimum Gasteiger partial charge on any atom is -0.308 e. The van der Waals surface area contributed by atoms with E-state index in [1.54, 1.807) is 0 Å². The second-order valence-corrected chi connectivity index (χ2v) is 5.25. The molecule has 0 aliphatic rings. The first-order valence-electron chi connectivity index (χ1n) is 6.82. The number of aromatic nitrogens is 1. The van der Waals surface area contributed by atoms with Crippen LogP contribution in [0.25, 0.3) is 0 Å². The van der Waals surface area contributed by atoms with Gasteiger partial charge in [-0.25, -0.2) is 0 Å². The quantitative estimate of drug-likeness (QED) is 0.897. The van der Waals surface area contributed by atoms with Gasteiger partial charge in [-0.3, -0.25) is 4.98 Å². The maximum Gasteiger partial charge on any atom is 0.0749 e. The number of nitrogens with zero attached hydrogens (tertiary/aromatic N) is 1.